The van der Waals surface area contributed by atoms with Gasteiger partial charge in [0.25, 0.3) is 0 Å². The average Bonchev–Trinajstić information content (AvgIpc) is 3.14. The van der Waals surface area contributed by atoms with E-state index < -0.39 is 0 Å². The lowest BCUT2D eigenvalue weighted by atomic mass is 9.96. The summed E-state index contributed by atoms with van der Waals surface area (Å²) in [6, 6.07) is 3.34. The maximum Gasteiger partial charge on any atom is 0.0241 e. The molecule has 0 aromatic rings. The van der Waals surface area contributed by atoms with Crippen molar-refractivity contribution < 1.29 is 0 Å². The first-order valence-electron chi connectivity index (χ1n) is 8.01. The fraction of sp³-hybridized carbons (Fsp3) is 1.00. The van der Waals surface area contributed by atoms with Gasteiger partial charge in [-0.2, -0.15) is 0 Å². The predicted molar refractivity (Wildman–Crippen MR) is 75.6 cm³/mol. The SMILES string of the molecule is CC1CC(N2CCCCC2CCN)CN1C1CC1. The van der Waals surface area contributed by atoms with E-state index in [9.17, 15) is 0 Å². The molecule has 0 bridgehead atoms. The zero-order chi connectivity index (χ0) is 12.5. The molecule has 3 aliphatic rings. The molecule has 2 aliphatic heterocycles. The quantitative estimate of drug-likeness (QED) is 0.827. The van der Waals surface area contributed by atoms with Gasteiger partial charge in [0.1, 0.15) is 0 Å². The van der Waals surface area contributed by atoms with Gasteiger partial charge in [0.15, 0.2) is 0 Å². The molecule has 3 heteroatoms. The number of hydrogen-bond acceptors (Lipinski definition) is 3. The molecule has 3 unspecified atom stereocenters. The lowest BCUT2D eigenvalue weighted by Gasteiger charge is -2.40. The van der Waals surface area contributed by atoms with Crippen LogP contribution in [0.2, 0.25) is 0 Å². The molecule has 18 heavy (non-hydrogen) atoms. The van der Waals surface area contributed by atoms with E-state index in [1.165, 1.54) is 58.0 Å². The Morgan fingerprint density at radius 1 is 1.06 bits per heavy atom. The van der Waals surface area contributed by atoms with Crippen molar-refractivity contribution in [1.29, 1.82) is 0 Å². The third-order valence-corrected chi connectivity index (χ3v) is 5.26. The van der Waals surface area contributed by atoms with Crippen LogP contribution in [-0.4, -0.2) is 53.6 Å². The molecule has 3 fully saturated rings. The van der Waals surface area contributed by atoms with Crippen LogP contribution in [0.1, 0.15) is 51.9 Å². The molecule has 0 radical (unpaired) electrons. The third-order valence-electron chi connectivity index (χ3n) is 5.26. The highest BCUT2D eigenvalue weighted by molar-refractivity contribution is 4.98. The van der Waals surface area contributed by atoms with Crippen molar-refractivity contribution in [2.45, 2.75) is 76.0 Å². The van der Waals surface area contributed by atoms with E-state index in [-0.39, 0.29) is 0 Å². The largest absolute Gasteiger partial charge is 0.330 e. The van der Waals surface area contributed by atoms with Gasteiger partial charge in [-0.15, -0.1) is 0 Å². The molecule has 3 rings (SSSR count). The zero-order valence-electron chi connectivity index (χ0n) is 11.9. The summed E-state index contributed by atoms with van der Waals surface area (Å²) in [5.41, 5.74) is 5.80. The van der Waals surface area contributed by atoms with Gasteiger partial charge in [0.2, 0.25) is 0 Å². The van der Waals surface area contributed by atoms with Gasteiger partial charge in [-0.1, -0.05) is 6.42 Å². The summed E-state index contributed by atoms with van der Waals surface area (Å²) in [6.45, 7) is 5.93. The highest BCUT2D eigenvalue weighted by Crippen LogP contribution is 2.36. The molecule has 0 amide bonds. The molecule has 104 valence electrons. The smallest absolute Gasteiger partial charge is 0.0241 e. The van der Waals surface area contributed by atoms with Crippen LogP contribution in [0.4, 0.5) is 0 Å². The first-order valence-corrected chi connectivity index (χ1v) is 8.01. The highest BCUT2D eigenvalue weighted by atomic mass is 15.3. The Bertz CT molecular complexity index is 275. The first-order chi connectivity index (χ1) is 8.79. The van der Waals surface area contributed by atoms with Crippen LogP contribution >= 0.6 is 0 Å². The minimum Gasteiger partial charge on any atom is -0.330 e. The first kappa shape index (κ1) is 12.9. The monoisotopic (exact) mass is 251 g/mol. The van der Waals surface area contributed by atoms with E-state index >= 15 is 0 Å². The summed E-state index contributed by atoms with van der Waals surface area (Å²) in [5, 5.41) is 0. The summed E-state index contributed by atoms with van der Waals surface area (Å²) in [6.07, 6.45) is 9.68. The predicted octanol–water partition coefficient (Wildman–Crippen LogP) is 1.81. The lowest BCUT2D eigenvalue weighted by Crippen LogP contribution is -2.48. The molecule has 0 spiro atoms. The van der Waals surface area contributed by atoms with Gasteiger partial charge < -0.3 is 5.73 Å². The van der Waals surface area contributed by atoms with Crippen LogP contribution in [0.25, 0.3) is 0 Å². The summed E-state index contributed by atoms with van der Waals surface area (Å²) in [4.78, 5) is 5.59. The fourth-order valence-corrected chi connectivity index (χ4v) is 4.19. The van der Waals surface area contributed by atoms with Crippen molar-refractivity contribution in [2.75, 3.05) is 19.6 Å². The summed E-state index contributed by atoms with van der Waals surface area (Å²) in [5.74, 6) is 0. The number of likely N-dealkylation sites (tertiary alicyclic amines) is 2. The van der Waals surface area contributed by atoms with Gasteiger partial charge in [-0.3, -0.25) is 9.80 Å². The lowest BCUT2D eigenvalue weighted by molar-refractivity contribution is 0.0919. The molecular formula is C15H29N3. The Labute approximate surface area is 112 Å². The van der Waals surface area contributed by atoms with E-state index in [0.29, 0.717) is 0 Å². The van der Waals surface area contributed by atoms with Gasteiger partial charge in [-0.05, 0) is 58.5 Å². The van der Waals surface area contributed by atoms with Crippen molar-refractivity contribution in [3.05, 3.63) is 0 Å². The minimum absolute atomic E-state index is 0.778. The Hall–Kier alpha value is -0.120. The van der Waals surface area contributed by atoms with Crippen LogP contribution in [0.3, 0.4) is 0 Å². The number of piperidine rings is 1. The third kappa shape index (κ3) is 2.59. The Morgan fingerprint density at radius 2 is 1.89 bits per heavy atom. The highest BCUT2D eigenvalue weighted by Gasteiger charge is 2.42. The fourth-order valence-electron chi connectivity index (χ4n) is 4.19. The second-order valence-electron chi connectivity index (χ2n) is 6.63. The molecule has 0 aromatic heterocycles. The van der Waals surface area contributed by atoms with Crippen molar-refractivity contribution in [3.63, 3.8) is 0 Å². The number of nitrogens with zero attached hydrogens (tertiary/aromatic N) is 2. The van der Waals surface area contributed by atoms with E-state index in [1.54, 1.807) is 0 Å². The number of rotatable bonds is 4. The Morgan fingerprint density at radius 3 is 2.61 bits per heavy atom. The molecule has 2 heterocycles. The standard InChI is InChI=1S/C15H29N3/c1-12-10-15(11-18(12)14-5-6-14)17-9-3-2-4-13(17)7-8-16/h12-15H,2-11,16H2,1H3. The molecule has 3 nitrogen and oxygen atoms in total. The number of nitrogens with two attached hydrogens (primary N) is 1. The molecule has 1 aliphatic carbocycles. The van der Waals surface area contributed by atoms with Gasteiger partial charge in [0, 0.05) is 30.7 Å². The summed E-state index contributed by atoms with van der Waals surface area (Å²) < 4.78 is 0. The summed E-state index contributed by atoms with van der Waals surface area (Å²) in [7, 11) is 0. The van der Waals surface area contributed by atoms with E-state index in [0.717, 1.165) is 30.7 Å². The maximum absolute atomic E-state index is 5.80. The second kappa shape index (κ2) is 5.48. The normalized spacial score (nSPS) is 39.3. The van der Waals surface area contributed by atoms with Crippen LogP contribution in [0, 0.1) is 0 Å². The van der Waals surface area contributed by atoms with Crippen molar-refractivity contribution in [1.82, 2.24) is 9.80 Å². The molecule has 0 aromatic carbocycles. The summed E-state index contributed by atoms with van der Waals surface area (Å²) >= 11 is 0. The number of hydrogen-bond donors (Lipinski definition) is 1. The van der Waals surface area contributed by atoms with Crippen molar-refractivity contribution in [3.8, 4) is 0 Å². The Balaban J connectivity index is 1.62. The molecule has 2 N–H and O–H groups in total. The van der Waals surface area contributed by atoms with Crippen LogP contribution < -0.4 is 5.73 Å². The molecule has 3 atom stereocenters. The van der Waals surface area contributed by atoms with Crippen LogP contribution in [0.5, 0.6) is 0 Å². The van der Waals surface area contributed by atoms with E-state index in [4.69, 9.17) is 5.73 Å². The van der Waals surface area contributed by atoms with Crippen LogP contribution in [-0.2, 0) is 0 Å². The maximum atomic E-state index is 5.80. The van der Waals surface area contributed by atoms with Gasteiger partial charge >= 0.3 is 0 Å². The second-order valence-corrected chi connectivity index (χ2v) is 6.63. The van der Waals surface area contributed by atoms with Crippen LogP contribution in [0.15, 0.2) is 0 Å². The Kier molecular flexibility index (Phi) is 3.92. The molecule has 1 saturated carbocycles. The van der Waals surface area contributed by atoms with Gasteiger partial charge in [-0.25, -0.2) is 0 Å². The van der Waals surface area contributed by atoms with Gasteiger partial charge in [0.05, 0.1) is 0 Å². The topological polar surface area (TPSA) is 32.5 Å². The van der Waals surface area contributed by atoms with E-state index in [1.807, 2.05) is 0 Å². The van der Waals surface area contributed by atoms with Crippen molar-refractivity contribution >= 4 is 0 Å². The van der Waals surface area contributed by atoms with Crippen molar-refractivity contribution in [2.24, 2.45) is 5.73 Å². The average molecular weight is 251 g/mol. The minimum atomic E-state index is 0.778. The van der Waals surface area contributed by atoms with E-state index in [2.05, 4.69) is 16.7 Å². The molecule has 2 saturated heterocycles. The molecular weight excluding hydrogens is 222 g/mol. The zero-order valence-corrected chi connectivity index (χ0v) is 11.9.